The first-order valence-electron chi connectivity index (χ1n) is 9.97. The highest BCUT2D eigenvalue weighted by Crippen LogP contribution is 2.52. The van der Waals surface area contributed by atoms with E-state index in [1.165, 1.54) is 4.90 Å². The molecular formula is C23H19BrN2O4. The summed E-state index contributed by atoms with van der Waals surface area (Å²) in [6.45, 7) is 4.59. The predicted octanol–water partition coefficient (Wildman–Crippen LogP) is 4.03. The molecule has 0 fully saturated rings. The minimum absolute atomic E-state index is 0.0376. The molecule has 30 heavy (non-hydrogen) atoms. The van der Waals surface area contributed by atoms with Crippen molar-refractivity contribution in [1.82, 2.24) is 4.90 Å². The van der Waals surface area contributed by atoms with Crippen molar-refractivity contribution in [2.45, 2.75) is 25.8 Å². The van der Waals surface area contributed by atoms with Crippen molar-refractivity contribution in [3.05, 3.63) is 74.0 Å². The van der Waals surface area contributed by atoms with Crippen LogP contribution in [-0.4, -0.2) is 29.8 Å². The normalized spacial score (nSPS) is 19.8. The van der Waals surface area contributed by atoms with Crippen molar-refractivity contribution in [3.63, 3.8) is 0 Å². The highest BCUT2D eigenvalue weighted by Gasteiger charge is 2.64. The van der Waals surface area contributed by atoms with Crippen molar-refractivity contribution < 1.29 is 14.0 Å². The van der Waals surface area contributed by atoms with E-state index in [0.717, 1.165) is 10.2 Å². The van der Waals surface area contributed by atoms with E-state index in [9.17, 15) is 14.4 Å². The van der Waals surface area contributed by atoms with Crippen LogP contribution >= 0.6 is 15.9 Å². The van der Waals surface area contributed by atoms with E-state index < -0.39 is 11.4 Å². The van der Waals surface area contributed by atoms with E-state index in [2.05, 4.69) is 15.9 Å². The third kappa shape index (κ3) is 2.16. The van der Waals surface area contributed by atoms with Gasteiger partial charge in [0.05, 0.1) is 16.6 Å². The van der Waals surface area contributed by atoms with Crippen molar-refractivity contribution in [1.29, 1.82) is 0 Å². The van der Waals surface area contributed by atoms with Crippen LogP contribution in [0, 0.1) is 0 Å². The van der Waals surface area contributed by atoms with Crippen LogP contribution in [0.1, 0.15) is 41.9 Å². The quantitative estimate of drug-likeness (QED) is 0.583. The van der Waals surface area contributed by atoms with Gasteiger partial charge in [0, 0.05) is 23.1 Å². The fourth-order valence-corrected chi connectivity index (χ4v) is 5.16. The SMILES string of the molecule is CCCN1C(=O)c2oc3ccc(Br)cc3c(=O)c2C12C(=O)N(CC)c1ccccc12. The second-order valence-electron chi connectivity index (χ2n) is 7.51. The number of rotatable bonds is 3. The van der Waals surface area contributed by atoms with E-state index in [0.29, 0.717) is 36.0 Å². The van der Waals surface area contributed by atoms with Crippen molar-refractivity contribution in [2.24, 2.45) is 0 Å². The molecule has 2 aliphatic heterocycles. The molecule has 152 valence electrons. The Labute approximate surface area is 181 Å². The summed E-state index contributed by atoms with van der Waals surface area (Å²) in [5.74, 6) is -0.743. The van der Waals surface area contributed by atoms with Crippen LogP contribution in [0.4, 0.5) is 5.69 Å². The molecule has 0 aliphatic carbocycles. The number of likely N-dealkylation sites (N-methyl/N-ethyl adjacent to an activating group) is 1. The summed E-state index contributed by atoms with van der Waals surface area (Å²) in [5, 5.41) is 0.342. The molecule has 0 radical (unpaired) electrons. The lowest BCUT2D eigenvalue weighted by Crippen LogP contribution is -2.53. The molecule has 0 N–H and O–H groups in total. The highest BCUT2D eigenvalue weighted by atomic mass is 79.9. The van der Waals surface area contributed by atoms with Gasteiger partial charge in [0.15, 0.2) is 11.0 Å². The summed E-state index contributed by atoms with van der Waals surface area (Å²) in [4.78, 5) is 44.3. The minimum atomic E-state index is -1.49. The summed E-state index contributed by atoms with van der Waals surface area (Å²) in [7, 11) is 0. The number of carbonyl (C=O) groups excluding carboxylic acids is 2. The average Bonchev–Trinajstić information content (AvgIpc) is 3.14. The molecule has 3 heterocycles. The molecule has 0 bridgehead atoms. The van der Waals surface area contributed by atoms with Crippen LogP contribution in [-0.2, 0) is 10.3 Å². The van der Waals surface area contributed by atoms with Gasteiger partial charge in [0.2, 0.25) is 5.76 Å². The largest absolute Gasteiger partial charge is 0.450 e. The zero-order valence-electron chi connectivity index (χ0n) is 16.6. The van der Waals surface area contributed by atoms with E-state index in [1.807, 2.05) is 38.1 Å². The molecule has 1 atom stereocenters. The van der Waals surface area contributed by atoms with Crippen molar-refractivity contribution in [3.8, 4) is 0 Å². The maximum absolute atomic E-state index is 13.9. The first kappa shape index (κ1) is 19.1. The summed E-state index contributed by atoms with van der Waals surface area (Å²) < 4.78 is 6.69. The van der Waals surface area contributed by atoms with Crippen molar-refractivity contribution in [2.75, 3.05) is 18.0 Å². The summed E-state index contributed by atoms with van der Waals surface area (Å²) in [6.07, 6.45) is 0.641. The number of carbonyl (C=O) groups is 2. The monoisotopic (exact) mass is 466 g/mol. The molecule has 7 heteroatoms. The lowest BCUT2D eigenvalue weighted by molar-refractivity contribution is -0.126. The zero-order valence-corrected chi connectivity index (χ0v) is 18.2. The van der Waals surface area contributed by atoms with Gasteiger partial charge >= 0.3 is 0 Å². The lowest BCUT2D eigenvalue weighted by atomic mass is 9.84. The van der Waals surface area contributed by atoms with Gasteiger partial charge in [0.1, 0.15) is 5.58 Å². The Balaban J connectivity index is 1.95. The van der Waals surface area contributed by atoms with Crippen molar-refractivity contribution >= 4 is 44.4 Å². The Hall–Kier alpha value is -2.93. The third-order valence-corrected chi connectivity index (χ3v) is 6.45. The van der Waals surface area contributed by atoms with Crippen LogP contribution in [0.3, 0.4) is 0 Å². The standard InChI is InChI=1S/C23H19BrN2O4/c1-3-11-26-21(28)20-18(19(27)14-12-13(24)9-10-17(14)30-20)23(26)15-7-5-6-8-16(15)25(4-2)22(23)29/h5-10,12H,3-4,11H2,1-2H3. The second-order valence-corrected chi connectivity index (χ2v) is 8.43. The molecule has 0 saturated heterocycles. The fraction of sp³-hybridized carbons (Fsp3) is 0.261. The van der Waals surface area contributed by atoms with E-state index in [4.69, 9.17) is 4.42 Å². The molecule has 1 aromatic heterocycles. The van der Waals surface area contributed by atoms with E-state index in [-0.39, 0.29) is 22.7 Å². The summed E-state index contributed by atoms with van der Waals surface area (Å²) in [5.41, 5.74) is -0.0125. The van der Waals surface area contributed by atoms with Gasteiger partial charge in [-0.05, 0) is 37.6 Å². The van der Waals surface area contributed by atoms with Crippen LogP contribution in [0.25, 0.3) is 11.0 Å². The maximum atomic E-state index is 13.9. The second kappa shape index (κ2) is 6.54. The van der Waals surface area contributed by atoms with E-state index in [1.54, 1.807) is 23.1 Å². The van der Waals surface area contributed by atoms with Gasteiger partial charge in [-0.2, -0.15) is 0 Å². The third-order valence-electron chi connectivity index (χ3n) is 5.96. The van der Waals surface area contributed by atoms with Gasteiger partial charge in [-0.25, -0.2) is 0 Å². The molecule has 5 rings (SSSR count). The van der Waals surface area contributed by atoms with Crippen LogP contribution in [0.15, 0.2) is 56.1 Å². The molecule has 2 amide bonds. The number of benzene rings is 2. The summed E-state index contributed by atoms with van der Waals surface area (Å²) >= 11 is 3.40. The minimum Gasteiger partial charge on any atom is -0.450 e. The Bertz CT molecular complexity index is 1300. The number of para-hydroxylation sites is 1. The maximum Gasteiger partial charge on any atom is 0.291 e. The highest BCUT2D eigenvalue weighted by molar-refractivity contribution is 9.10. The van der Waals surface area contributed by atoms with Gasteiger partial charge < -0.3 is 14.2 Å². The number of nitrogens with zero attached hydrogens (tertiary/aromatic N) is 2. The van der Waals surface area contributed by atoms with Gasteiger partial charge in [0.25, 0.3) is 11.8 Å². The van der Waals surface area contributed by atoms with Crippen LogP contribution in [0.5, 0.6) is 0 Å². The van der Waals surface area contributed by atoms with Crippen LogP contribution < -0.4 is 10.3 Å². The molecule has 2 aromatic carbocycles. The molecular weight excluding hydrogens is 448 g/mol. The number of amides is 2. The first-order valence-corrected chi connectivity index (χ1v) is 10.8. The Morgan fingerprint density at radius 3 is 2.57 bits per heavy atom. The Kier molecular flexibility index (Phi) is 4.15. The number of anilines is 1. The predicted molar refractivity (Wildman–Crippen MR) is 117 cm³/mol. The number of hydrogen-bond donors (Lipinski definition) is 0. The summed E-state index contributed by atoms with van der Waals surface area (Å²) in [6, 6.07) is 12.5. The fourth-order valence-electron chi connectivity index (χ4n) is 4.80. The number of halogens is 1. The number of fused-ring (bicyclic) bond motifs is 5. The van der Waals surface area contributed by atoms with E-state index >= 15 is 0 Å². The molecule has 0 saturated carbocycles. The molecule has 3 aromatic rings. The zero-order chi connectivity index (χ0) is 21.2. The lowest BCUT2D eigenvalue weighted by Gasteiger charge is -2.34. The molecule has 1 spiro atoms. The van der Waals surface area contributed by atoms with Gasteiger partial charge in [-0.15, -0.1) is 0 Å². The smallest absolute Gasteiger partial charge is 0.291 e. The molecule has 1 unspecified atom stereocenters. The first-order chi connectivity index (χ1) is 14.5. The Morgan fingerprint density at radius 1 is 1.07 bits per heavy atom. The average molecular weight is 467 g/mol. The topological polar surface area (TPSA) is 70.8 Å². The molecule has 6 nitrogen and oxygen atoms in total. The van der Waals surface area contributed by atoms with Gasteiger partial charge in [-0.3, -0.25) is 14.4 Å². The molecule has 2 aliphatic rings. The van der Waals surface area contributed by atoms with Gasteiger partial charge in [-0.1, -0.05) is 41.1 Å². The number of hydrogen-bond acceptors (Lipinski definition) is 4. The Morgan fingerprint density at radius 2 is 1.83 bits per heavy atom. The van der Waals surface area contributed by atoms with Crippen LogP contribution in [0.2, 0.25) is 0 Å².